The third-order valence-corrected chi connectivity index (χ3v) is 2.28. The van der Waals surface area contributed by atoms with Crippen LogP contribution in [0.5, 0.6) is 11.5 Å². The van der Waals surface area contributed by atoms with Crippen molar-refractivity contribution >= 4 is 0 Å². The van der Waals surface area contributed by atoms with Crippen LogP contribution in [0.2, 0.25) is 0 Å². The van der Waals surface area contributed by atoms with Crippen molar-refractivity contribution in [2.75, 3.05) is 7.11 Å². The van der Waals surface area contributed by atoms with Gasteiger partial charge in [-0.15, -0.1) is 0 Å². The number of para-hydroxylation sites is 1. The zero-order chi connectivity index (χ0) is 10.8. The SMILES string of the molecule is CCC(N)(N)c1cccc(O)c1OC. The molecule has 0 saturated carbocycles. The summed E-state index contributed by atoms with van der Waals surface area (Å²) in [6.45, 7) is 1.88. The first-order valence-corrected chi connectivity index (χ1v) is 4.47. The van der Waals surface area contributed by atoms with E-state index in [-0.39, 0.29) is 5.75 Å². The van der Waals surface area contributed by atoms with Crippen molar-refractivity contribution in [3.05, 3.63) is 23.8 Å². The number of hydrogen-bond acceptors (Lipinski definition) is 4. The second-order valence-electron chi connectivity index (χ2n) is 3.25. The van der Waals surface area contributed by atoms with Gasteiger partial charge in [0.25, 0.3) is 0 Å². The Bertz CT molecular complexity index is 324. The van der Waals surface area contributed by atoms with Crippen LogP contribution in [0.1, 0.15) is 18.9 Å². The number of phenolic OH excluding ortho intramolecular Hbond substituents is 1. The largest absolute Gasteiger partial charge is 0.504 e. The zero-order valence-electron chi connectivity index (χ0n) is 8.45. The first-order valence-electron chi connectivity index (χ1n) is 4.47. The molecule has 0 bridgehead atoms. The molecule has 0 aromatic heterocycles. The Kier molecular flexibility index (Phi) is 2.98. The third-order valence-electron chi connectivity index (χ3n) is 2.28. The van der Waals surface area contributed by atoms with Crippen molar-refractivity contribution in [2.24, 2.45) is 11.5 Å². The predicted molar refractivity (Wildman–Crippen MR) is 55.0 cm³/mol. The highest BCUT2D eigenvalue weighted by Gasteiger charge is 2.24. The predicted octanol–water partition coefficient (Wildman–Crippen LogP) is 0.881. The van der Waals surface area contributed by atoms with Crippen LogP contribution >= 0.6 is 0 Å². The van der Waals surface area contributed by atoms with E-state index in [1.165, 1.54) is 13.2 Å². The Morgan fingerprint density at radius 2 is 2.07 bits per heavy atom. The summed E-state index contributed by atoms with van der Waals surface area (Å²) in [5.74, 6) is 0.401. The molecule has 0 atom stereocenters. The molecule has 1 aromatic carbocycles. The number of hydrogen-bond donors (Lipinski definition) is 3. The fourth-order valence-corrected chi connectivity index (χ4v) is 1.30. The average molecular weight is 196 g/mol. The minimum absolute atomic E-state index is 0.0544. The van der Waals surface area contributed by atoms with Gasteiger partial charge in [-0.25, -0.2) is 0 Å². The fraction of sp³-hybridized carbons (Fsp3) is 0.400. The first-order chi connectivity index (χ1) is 6.53. The molecule has 5 N–H and O–H groups in total. The van der Waals surface area contributed by atoms with E-state index in [0.29, 0.717) is 17.7 Å². The van der Waals surface area contributed by atoms with Crippen molar-refractivity contribution in [3.8, 4) is 11.5 Å². The number of phenols is 1. The van der Waals surface area contributed by atoms with Gasteiger partial charge in [0.1, 0.15) is 0 Å². The van der Waals surface area contributed by atoms with Crippen LogP contribution in [0, 0.1) is 0 Å². The van der Waals surface area contributed by atoms with Gasteiger partial charge in [0.05, 0.1) is 12.8 Å². The summed E-state index contributed by atoms with van der Waals surface area (Å²) in [6, 6.07) is 4.98. The molecule has 0 amide bonds. The van der Waals surface area contributed by atoms with E-state index in [1.54, 1.807) is 12.1 Å². The maximum atomic E-state index is 9.51. The minimum atomic E-state index is -0.968. The third kappa shape index (κ3) is 1.81. The van der Waals surface area contributed by atoms with Crippen molar-refractivity contribution in [3.63, 3.8) is 0 Å². The van der Waals surface area contributed by atoms with Gasteiger partial charge in [0, 0.05) is 5.56 Å². The van der Waals surface area contributed by atoms with Crippen molar-refractivity contribution < 1.29 is 9.84 Å². The van der Waals surface area contributed by atoms with Gasteiger partial charge < -0.3 is 21.3 Å². The Balaban J connectivity index is 3.27. The topological polar surface area (TPSA) is 81.5 Å². The van der Waals surface area contributed by atoms with Gasteiger partial charge in [0.2, 0.25) is 0 Å². The standard InChI is InChI=1S/C10H16N2O2/c1-3-10(11,12)7-5-4-6-8(13)9(7)14-2/h4-6,13H,3,11-12H2,1-2H3. The van der Waals surface area contributed by atoms with Crippen LogP contribution in [0.25, 0.3) is 0 Å². The number of ether oxygens (including phenoxy) is 1. The van der Waals surface area contributed by atoms with Gasteiger partial charge in [-0.3, -0.25) is 0 Å². The summed E-state index contributed by atoms with van der Waals surface area (Å²) < 4.78 is 5.05. The summed E-state index contributed by atoms with van der Waals surface area (Å²) in [6.07, 6.45) is 0.562. The van der Waals surface area contributed by atoms with E-state index in [1.807, 2.05) is 6.92 Å². The normalized spacial score (nSPS) is 11.4. The van der Waals surface area contributed by atoms with Crippen molar-refractivity contribution in [2.45, 2.75) is 19.0 Å². The highest BCUT2D eigenvalue weighted by molar-refractivity contribution is 5.48. The average Bonchev–Trinajstić information content (AvgIpc) is 2.17. The monoisotopic (exact) mass is 196 g/mol. The molecule has 0 saturated heterocycles. The quantitative estimate of drug-likeness (QED) is 0.627. The van der Waals surface area contributed by atoms with E-state index < -0.39 is 5.66 Å². The Morgan fingerprint density at radius 1 is 1.43 bits per heavy atom. The molecular formula is C10H16N2O2. The second-order valence-corrected chi connectivity index (χ2v) is 3.25. The number of benzene rings is 1. The van der Waals surface area contributed by atoms with Gasteiger partial charge in [0.15, 0.2) is 11.5 Å². The summed E-state index contributed by atoms with van der Waals surface area (Å²) >= 11 is 0. The van der Waals surface area contributed by atoms with Gasteiger partial charge in [-0.2, -0.15) is 0 Å². The molecule has 0 unspecified atom stereocenters. The first kappa shape index (κ1) is 10.8. The van der Waals surface area contributed by atoms with E-state index in [0.717, 1.165) is 0 Å². The summed E-state index contributed by atoms with van der Waals surface area (Å²) in [4.78, 5) is 0. The van der Waals surface area contributed by atoms with Crippen molar-refractivity contribution in [1.82, 2.24) is 0 Å². The molecule has 4 heteroatoms. The highest BCUT2D eigenvalue weighted by Crippen LogP contribution is 2.34. The summed E-state index contributed by atoms with van der Waals surface area (Å²) in [7, 11) is 1.48. The summed E-state index contributed by atoms with van der Waals surface area (Å²) in [5, 5.41) is 9.51. The smallest absolute Gasteiger partial charge is 0.166 e. The van der Waals surface area contributed by atoms with Gasteiger partial charge >= 0.3 is 0 Å². The molecule has 0 aliphatic carbocycles. The molecular weight excluding hydrogens is 180 g/mol. The number of rotatable bonds is 3. The minimum Gasteiger partial charge on any atom is -0.504 e. The molecule has 0 fully saturated rings. The zero-order valence-corrected chi connectivity index (χ0v) is 8.45. The highest BCUT2D eigenvalue weighted by atomic mass is 16.5. The number of methoxy groups -OCH3 is 1. The van der Waals surface area contributed by atoms with Crippen LogP contribution in [-0.4, -0.2) is 12.2 Å². The fourth-order valence-electron chi connectivity index (χ4n) is 1.30. The molecule has 14 heavy (non-hydrogen) atoms. The molecule has 0 aliphatic heterocycles. The van der Waals surface area contributed by atoms with E-state index in [2.05, 4.69) is 0 Å². The molecule has 0 spiro atoms. The molecule has 0 aliphatic rings. The van der Waals surface area contributed by atoms with Crippen LogP contribution < -0.4 is 16.2 Å². The number of aromatic hydroxyl groups is 1. The maximum absolute atomic E-state index is 9.51. The Morgan fingerprint density at radius 3 is 2.57 bits per heavy atom. The van der Waals surface area contributed by atoms with E-state index >= 15 is 0 Å². The lowest BCUT2D eigenvalue weighted by molar-refractivity contribution is 0.347. The number of nitrogens with two attached hydrogens (primary N) is 2. The molecule has 0 heterocycles. The molecule has 4 nitrogen and oxygen atoms in total. The van der Waals surface area contributed by atoms with Crippen LogP contribution in [0.3, 0.4) is 0 Å². The van der Waals surface area contributed by atoms with Crippen LogP contribution in [0.4, 0.5) is 0 Å². The van der Waals surface area contributed by atoms with Gasteiger partial charge in [-0.1, -0.05) is 19.1 Å². The molecule has 1 rings (SSSR count). The molecule has 0 radical (unpaired) electrons. The molecule has 78 valence electrons. The van der Waals surface area contributed by atoms with E-state index in [4.69, 9.17) is 16.2 Å². The Labute approximate surface area is 83.5 Å². The van der Waals surface area contributed by atoms with Crippen LogP contribution in [-0.2, 0) is 5.66 Å². The van der Waals surface area contributed by atoms with E-state index in [9.17, 15) is 5.11 Å². The van der Waals surface area contributed by atoms with Gasteiger partial charge in [-0.05, 0) is 12.5 Å². The Hall–Kier alpha value is -1.26. The summed E-state index contributed by atoms with van der Waals surface area (Å²) in [5.41, 5.74) is 11.4. The second kappa shape index (κ2) is 3.86. The molecule has 1 aromatic rings. The lowest BCUT2D eigenvalue weighted by atomic mass is 9.97. The lowest BCUT2D eigenvalue weighted by Crippen LogP contribution is -2.45. The van der Waals surface area contributed by atoms with Crippen LogP contribution in [0.15, 0.2) is 18.2 Å². The maximum Gasteiger partial charge on any atom is 0.166 e. The lowest BCUT2D eigenvalue weighted by Gasteiger charge is -2.25. The van der Waals surface area contributed by atoms with Crippen molar-refractivity contribution in [1.29, 1.82) is 0 Å².